The van der Waals surface area contributed by atoms with Gasteiger partial charge >= 0.3 is 5.97 Å². The number of hydrogen-bond donors (Lipinski definition) is 0. The fourth-order valence-corrected chi connectivity index (χ4v) is 3.95. The number of nitrogens with zero attached hydrogens (tertiary/aromatic N) is 1. The first-order chi connectivity index (χ1) is 14.4. The number of carbonyl (C=O) groups is 4. The Morgan fingerprint density at radius 3 is 2.30 bits per heavy atom. The number of amides is 1. The van der Waals surface area contributed by atoms with Gasteiger partial charge in [-0.05, 0) is 19.1 Å². The van der Waals surface area contributed by atoms with Crippen molar-refractivity contribution in [3.63, 3.8) is 0 Å². The van der Waals surface area contributed by atoms with Crippen LogP contribution in [0.4, 0.5) is 0 Å². The topological polar surface area (TPSA) is 90.0 Å². The third-order valence-electron chi connectivity index (χ3n) is 5.20. The molecule has 4 rings (SSSR count). The molecule has 2 aromatic carbocycles. The molecule has 0 aromatic heterocycles. The molecule has 0 N–H and O–H groups in total. The average molecular weight is 428 g/mol. The first-order valence-corrected chi connectivity index (χ1v) is 9.86. The number of halogens is 1. The number of ether oxygens (including phenoxy) is 2. The van der Waals surface area contributed by atoms with E-state index in [0.29, 0.717) is 31.9 Å². The second kappa shape index (κ2) is 8.01. The van der Waals surface area contributed by atoms with E-state index in [4.69, 9.17) is 21.1 Å². The molecular formula is C22H18ClNO6. The lowest BCUT2D eigenvalue weighted by Crippen LogP contribution is -2.46. The molecule has 2 aromatic rings. The largest absolute Gasteiger partial charge is 0.449 e. The zero-order valence-electron chi connectivity index (χ0n) is 16.1. The quantitative estimate of drug-likeness (QED) is 0.597. The molecule has 1 amide bonds. The Hall–Kier alpha value is -3.03. The van der Waals surface area contributed by atoms with Crippen LogP contribution in [0.1, 0.15) is 49.1 Å². The van der Waals surface area contributed by atoms with Crippen molar-refractivity contribution in [1.29, 1.82) is 0 Å². The van der Waals surface area contributed by atoms with Crippen LogP contribution in [0.3, 0.4) is 0 Å². The molecule has 7 nitrogen and oxygen atoms in total. The third kappa shape index (κ3) is 3.40. The number of esters is 1. The Kier molecular flexibility index (Phi) is 5.40. The standard InChI is InChI=1S/C22H18ClNO6/c1-12(21(27)24-8-10-29-11-9-24)30-22(28)16-7-6-15-17(18(16)23)20(26)14-5-3-2-4-13(14)19(15)25/h2-7,12H,8-11H2,1H3. The molecule has 1 heterocycles. The van der Waals surface area contributed by atoms with Gasteiger partial charge in [-0.3, -0.25) is 14.4 Å². The van der Waals surface area contributed by atoms with E-state index in [1.165, 1.54) is 19.1 Å². The van der Waals surface area contributed by atoms with Gasteiger partial charge in [0.1, 0.15) is 0 Å². The second-order valence-electron chi connectivity index (χ2n) is 7.04. The van der Waals surface area contributed by atoms with Gasteiger partial charge in [-0.15, -0.1) is 0 Å². The van der Waals surface area contributed by atoms with E-state index in [0.717, 1.165) is 0 Å². The number of morpholine rings is 1. The van der Waals surface area contributed by atoms with Crippen molar-refractivity contribution in [3.05, 3.63) is 69.2 Å². The first kappa shape index (κ1) is 20.3. The van der Waals surface area contributed by atoms with E-state index in [-0.39, 0.29) is 39.0 Å². The van der Waals surface area contributed by atoms with Gasteiger partial charge < -0.3 is 14.4 Å². The molecule has 1 unspecified atom stereocenters. The van der Waals surface area contributed by atoms with Crippen LogP contribution < -0.4 is 0 Å². The summed E-state index contributed by atoms with van der Waals surface area (Å²) in [5.74, 6) is -1.94. The average Bonchev–Trinajstić information content (AvgIpc) is 2.77. The van der Waals surface area contributed by atoms with Gasteiger partial charge in [-0.1, -0.05) is 35.9 Å². The van der Waals surface area contributed by atoms with E-state index in [1.807, 2.05) is 0 Å². The Bertz CT molecular complexity index is 1070. The molecule has 0 spiro atoms. The molecule has 2 aliphatic rings. The third-order valence-corrected chi connectivity index (χ3v) is 5.60. The zero-order valence-corrected chi connectivity index (χ0v) is 16.9. The Labute approximate surface area is 177 Å². The molecule has 1 aliphatic carbocycles. The normalized spacial score (nSPS) is 16.5. The van der Waals surface area contributed by atoms with Gasteiger partial charge in [-0.2, -0.15) is 0 Å². The maximum absolute atomic E-state index is 12.9. The fraction of sp³-hybridized carbons (Fsp3) is 0.273. The Balaban J connectivity index is 1.60. The molecule has 30 heavy (non-hydrogen) atoms. The summed E-state index contributed by atoms with van der Waals surface area (Å²) in [6, 6.07) is 9.18. The van der Waals surface area contributed by atoms with Gasteiger partial charge in [0.15, 0.2) is 17.7 Å². The summed E-state index contributed by atoms with van der Waals surface area (Å²) in [6.45, 7) is 3.20. The molecular weight excluding hydrogens is 410 g/mol. The molecule has 1 aliphatic heterocycles. The van der Waals surface area contributed by atoms with Gasteiger partial charge in [0.05, 0.1) is 29.4 Å². The number of rotatable bonds is 3. The van der Waals surface area contributed by atoms with Crippen LogP contribution in [0.2, 0.25) is 5.02 Å². The van der Waals surface area contributed by atoms with Crippen LogP contribution in [-0.2, 0) is 14.3 Å². The molecule has 1 fully saturated rings. The summed E-state index contributed by atoms with van der Waals surface area (Å²) >= 11 is 6.37. The lowest BCUT2D eigenvalue weighted by Gasteiger charge is -2.29. The highest BCUT2D eigenvalue weighted by atomic mass is 35.5. The molecule has 0 radical (unpaired) electrons. The predicted octanol–water partition coefficient (Wildman–Crippen LogP) is 2.52. The highest BCUT2D eigenvalue weighted by molar-refractivity contribution is 6.41. The summed E-state index contributed by atoms with van der Waals surface area (Å²) in [5, 5.41) is -0.156. The molecule has 8 heteroatoms. The highest BCUT2D eigenvalue weighted by Gasteiger charge is 2.34. The van der Waals surface area contributed by atoms with Crippen molar-refractivity contribution >= 4 is 35.0 Å². The summed E-state index contributed by atoms with van der Waals surface area (Å²) < 4.78 is 10.5. The van der Waals surface area contributed by atoms with Crippen LogP contribution in [0.15, 0.2) is 36.4 Å². The van der Waals surface area contributed by atoms with Crippen molar-refractivity contribution in [1.82, 2.24) is 4.90 Å². The predicted molar refractivity (Wildman–Crippen MR) is 107 cm³/mol. The minimum Gasteiger partial charge on any atom is -0.449 e. The molecule has 1 saturated heterocycles. The number of benzene rings is 2. The lowest BCUT2D eigenvalue weighted by molar-refractivity contribution is -0.143. The summed E-state index contributed by atoms with van der Waals surface area (Å²) in [6.07, 6.45) is -1.03. The fourth-order valence-electron chi connectivity index (χ4n) is 3.62. The zero-order chi connectivity index (χ0) is 21.4. The van der Waals surface area contributed by atoms with Crippen molar-refractivity contribution in [3.8, 4) is 0 Å². The van der Waals surface area contributed by atoms with Crippen LogP contribution >= 0.6 is 11.6 Å². The van der Waals surface area contributed by atoms with Gasteiger partial charge in [-0.25, -0.2) is 4.79 Å². The van der Waals surface area contributed by atoms with E-state index in [2.05, 4.69) is 0 Å². The molecule has 0 bridgehead atoms. The van der Waals surface area contributed by atoms with Crippen LogP contribution in [0, 0.1) is 0 Å². The monoisotopic (exact) mass is 427 g/mol. The number of fused-ring (bicyclic) bond motifs is 2. The van der Waals surface area contributed by atoms with Crippen molar-refractivity contribution in [2.45, 2.75) is 13.0 Å². The number of hydrogen-bond acceptors (Lipinski definition) is 6. The highest BCUT2D eigenvalue weighted by Crippen LogP contribution is 2.34. The smallest absolute Gasteiger partial charge is 0.340 e. The SMILES string of the molecule is CC(OC(=O)c1ccc2c(c1Cl)C(=O)c1ccccc1C2=O)C(=O)N1CCOCC1. The number of ketones is 2. The summed E-state index contributed by atoms with van der Waals surface area (Å²) in [5.41, 5.74) is 0.571. The Morgan fingerprint density at radius 1 is 1.00 bits per heavy atom. The second-order valence-corrected chi connectivity index (χ2v) is 7.42. The van der Waals surface area contributed by atoms with Crippen LogP contribution in [0.25, 0.3) is 0 Å². The van der Waals surface area contributed by atoms with E-state index in [9.17, 15) is 19.2 Å². The number of carbonyl (C=O) groups excluding carboxylic acids is 4. The van der Waals surface area contributed by atoms with E-state index >= 15 is 0 Å². The molecule has 1 atom stereocenters. The minimum absolute atomic E-state index is 0.0259. The summed E-state index contributed by atoms with van der Waals surface area (Å²) in [4.78, 5) is 52.4. The maximum atomic E-state index is 12.9. The minimum atomic E-state index is -1.03. The van der Waals surface area contributed by atoms with Crippen LogP contribution in [-0.4, -0.2) is 60.8 Å². The van der Waals surface area contributed by atoms with Crippen molar-refractivity contribution in [2.75, 3.05) is 26.3 Å². The summed E-state index contributed by atoms with van der Waals surface area (Å²) in [7, 11) is 0. The van der Waals surface area contributed by atoms with Gasteiger partial charge in [0.2, 0.25) is 0 Å². The van der Waals surface area contributed by atoms with Crippen molar-refractivity contribution in [2.24, 2.45) is 0 Å². The lowest BCUT2D eigenvalue weighted by atomic mass is 9.83. The van der Waals surface area contributed by atoms with Crippen LogP contribution in [0.5, 0.6) is 0 Å². The molecule has 0 saturated carbocycles. The maximum Gasteiger partial charge on any atom is 0.340 e. The van der Waals surface area contributed by atoms with Gasteiger partial charge in [0, 0.05) is 29.8 Å². The van der Waals surface area contributed by atoms with E-state index in [1.54, 1.807) is 29.2 Å². The molecule has 154 valence electrons. The van der Waals surface area contributed by atoms with Crippen molar-refractivity contribution < 1.29 is 28.7 Å². The van der Waals surface area contributed by atoms with Gasteiger partial charge in [0.25, 0.3) is 5.91 Å². The van der Waals surface area contributed by atoms with E-state index < -0.39 is 17.9 Å². The Morgan fingerprint density at radius 2 is 1.63 bits per heavy atom. The first-order valence-electron chi connectivity index (χ1n) is 9.48.